The summed E-state index contributed by atoms with van der Waals surface area (Å²) in [7, 11) is -2.08. The van der Waals surface area contributed by atoms with Gasteiger partial charge in [-0.2, -0.15) is 4.31 Å². The van der Waals surface area contributed by atoms with Gasteiger partial charge in [-0.15, -0.1) is 0 Å². The van der Waals surface area contributed by atoms with Crippen molar-refractivity contribution in [1.29, 1.82) is 0 Å². The Kier molecular flexibility index (Phi) is 6.39. The molecule has 27 heavy (non-hydrogen) atoms. The van der Waals surface area contributed by atoms with E-state index in [0.717, 1.165) is 25.0 Å². The summed E-state index contributed by atoms with van der Waals surface area (Å²) in [6.45, 7) is 3.71. The van der Waals surface area contributed by atoms with Crippen LogP contribution in [-0.4, -0.2) is 58.1 Å². The highest BCUT2D eigenvalue weighted by Gasteiger charge is 2.33. The fourth-order valence-corrected chi connectivity index (χ4v) is 5.31. The third kappa shape index (κ3) is 4.62. The van der Waals surface area contributed by atoms with Crippen molar-refractivity contribution in [2.45, 2.75) is 43.6 Å². The molecule has 1 aromatic carbocycles. The van der Waals surface area contributed by atoms with Crippen LogP contribution in [-0.2, 0) is 19.6 Å². The molecule has 1 aromatic rings. The molecule has 2 aliphatic heterocycles. The third-order valence-electron chi connectivity index (χ3n) is 5.29. The first-order chi connectivity index (χ1) is 12.9. The minimum atomic E-state index is -3.63. The summed E-state index contributed by atoms with van der Waals surface area (Å²) in [5.41, 5.74) is 0.765. The molecule has 2 atom stereocenters. The summed E-state index contributed by atoms with van der Waals surface area (Å²) in [6.07, 6.45) is 3.44. The number of hydrogen-bond donors (Lipinski definition) is 1. The van der Waals surface area contributed by atoms with Gasteiger partial charge in [-0.1, -0.05) is 0 Å². The number of benzene rings is 1. The van der Waals surface area contributed by atoms with E-state index in [4.69, 9.17) is 9.47 Å². The van der Waals surface area contributed by atoms with Gasteiger partial charge in [0.2, 0.25) is 15.9 Å². The van der Waals surface area contributed by atoms with Crippen LogP contribution in [0.15, 0.2) is 23.1 Å². The van der Waals surface area contributed by atoms with Crippen LogP contribution in [0, 0.1) is 12.8 Å². The number of nitrogens with zero attached hydrogens (tertiary/aromatic N) is 1. The second kappa shape index (κ2) is 8.58. The minimum absolute atomic E-state index is 0.0830. The Morgan fingerprint density at radius 1 is 1.33 bits per heavy atom. The Bertz CT molecular complexity index is 774. The summed E-state index contributed by atoms with van der Waals surface area (Å²) < 4.78 is 38.2. The highest BCUT2D eigenvalue weighted by atomic mass is 32.2. The fourth-order valence-electron chi connectivity index (χ4n) is 3.70. The highest BCUT2D eigenvalue weighted by Crippen LogP contribution is 2.27. The molecule has 0 unspecified atom stereocenters. The van der Waals surface area contributed by atoms with Gasteiger partial charge in [-0.3, -0.25) is 4.79 Å². The molecule has 2 heterocycles. The lowest BCUT2D eigenvalue weighted by Gasteiger charge is -2.31. The predicted octanol–water partition coefficient (Wildman–Crippen LogP) is 1.70. The van der Waals surface area contributed by atoms with Gasteiger partial charge in [0.15, 0.2) is 0 Å². The molecule has 2 aliphatic rings. The van der Waals surface area contributed by atoms with Crippen LogP contribution in [0.3, 0.4) is 0 Å². The maximum Gasteiger partial charge on any atom is 0.243 e. The molecule has 0 aliphatic carbocycles. The molecule has 0 aromatic heterocycles. The molecule has 1 N–H and O–H groups in total. The Morgan fingerprint density at radius 3 is 2.81 bits per heavy atom. The van der Waals surface area contributed by atoms with Gasteiger partial charge in [0.25, 0.3) is 0 Å². The number of carbonyl (C=O) groups is 1. The number of methoxy groups -OCH3 is 1. The first-order valence-corrected chi connectivity index (χ1v) is 10.9. The Balaban J connectivity index is 1.65. The monoisotopic (exact) mass is 396 g/mol. The van der Waals surface area contributed by atoms with Crippen molar-refractivity contribution < 1.29 is 22.7 Å². The summed E-state index contributed by atoms with van der Waals surface area (Å²) >= 11 is 0. The van der Waals surface area contributed by atoms with Crippen molar-refractivity contribution in [2.75, 3.05) is 33.4 Å². The Morgan fingerprint density at radius 2 is 2.15 bits per heavy atom. The third-order valence-corrected chi connectivity index (χ3v) is 7.15. The van der Waals surface area contributed by atoms with E-state index in [1.54, 1.807) is 25.3 Å². The topological polar surface area (TPSA) is 84.9 Å². The number of rotatable bonds is 6. The molecule has 2 saturated heterocycles. The molecule has 1 amide bonds. The van der Waals surface area contributed by atoms with E-state index in [-0.39, 0.29) is 29.4 Å². The largest absolute Gasteiger partial charge is 0.496 e. The van der Waals surface area contributed by atoms with Gasteiger partial charge >= 0.3 is 0 Å². The second-order valence-corrected chi connectivity index (χ2v) is 9.15. The molecule has 0 saturated carbocycles. The number of amides is 1. The van der Waals surface area contributed by atoms with Crippen molar-refractivity contribution in [1.82, 2.24) is 9.62 Å². The number of sulfonamides is 1. The van der Waals surface area contributed by atoms with E-state index in [1.165, 1.54) is 4.31 Å². The molecule has 0 radical (unpaired) electrons. The Labute approximate surface area is 161 Å². The number of carbonyl (C=O) groups excluding carboxylic acids is 1. The van der Waals surface area contributed by atoms with Crippen LogP contribution in [0.2, 0.25) is 0 Å². The molecule has 0 bridgehead atoms. The summed E-state index contributed by atoms with van der Waals surface area (Å²) in [5, 5.41) is 2.93. The predicted molar refractivity (Wildman–Crippen MR) is 101 cm³/mol. The maximum absolute atomic E-state index is 13.0. The van der Waals surface area contributed by atoms with Crippen LogP contribution in [0.25, 0.3) is 0 Å². The average molecular weight is 397 g/mol. The minimum Gasteiger partial charge on any atom is -0.496 e. The van der Waals surface area contributed by atoms with Gasteiger partial charge in [-0.05, 0) is 56.4 Å². The van der Waals surface area contributed by atoms with Crippen LogP contribution in [0.1, 0.15) is 31.2 Å². The van der Waals surface area contributed by atoms with Gasteiger partial charge in [0.05, 0.1) is 24.0 Å². The number of piperidine rings is 1. The lowest BCUT2D eigenvalue weighted by atomic mass is 9.99. The standard InChI is InChI=1S/C19H28N2O5S/c1-14-11-17(7-8-18(14)25-2)27(23,24)21-9-3-5-15(13-21)19(22)20-12-16-6-4-10-26-16/h7-8,11,15-16H,3-6,9-10,12-13H2,1-2H3,(H,20,22)/t15-,16+/m0/s1. The van der Waals surface area contributed by atoms with E-state index < -0.39 is 10.0 Å². The molecule has 0 spiro atoms. The van der Waals surface area contributed by atoms with Gasteiger partial charge in [-0.25, -0.2) is 8.42 Å². The van der Waals surface area contributed by atoms with Crippen LogP contribution in [0.5, 0.6) is 5.75 Å². The maximum atomic E-state index is 13.0. The Hall–Kier alpha value is -1.64. The van der Waals surface area contributed by atoms with Gasteiger partial charge in [0, 0.05) is 26.2 Å². The van der Waals surface area contributed by atoms with Crippen molar-refractivity contribution in [2.24, 2.45) is 5.92 Å². The van der Waals surface area contributed by atoms with Crippen LogP contribution >= 0.6 is 0 Å². The van der Waals surface area contributed by atoms with E-state index in [0.29, 0.717) is 31.7 Å². The van der Waals surface area contributed by atoms with Crippen LogP contribution in [0.4, 0.5) is 0 Å². The lowest BCUT2D eigenvalue weighted by Crippen LogP contribution is -2.46. The van der Waals surface area contributed by atoms with Crippen LogP contribution < -0.4 is 10.1 Å². The van der Waals surface area contributed by atoms with Crippen molar-refractivity contribution in [3.05, 3.63) is 23.8 Å². The van der Waals surface area contributed by atoms with E-state index in [1.807, 2.05) is 6.92 Å². The molecule has 8 heteroatoms. The number of ether oxygens (including phenoxy) is 2. The first-order valence-electron chi connectivity index (χ1n) is 9.46. The molecule has 7 nitrogen and oxygen atoms in total. The zero-order valence-corrected chi connectivity index (χ0v) is 16.8. The number of nitrogens with one attached hydrogen (secondary N) is 1. The van der Waals surface area contributed by atoms with E-state index in [2.05, 4.69) is 5.32 Å². The number of hydrogen-bond acceptors (Lipinski definition) is 5. The molecule has 2 fully saturated rings. The quantitative estimate of drug-likeness (QED) is 0.791. The van der Waals surface area contributed by atoms with Gasteiger partial charge in [0.1, 0.15) is 5.75 Å². The SMILES string of the molecule is COc1ccc(S(=O)(=O)N2CCC[C@H](C(=O)NC[C@H]3CCCO3)C2)cc1C. The summed E-state index contributed by atoms with van der Waals surface area (Å²) in [4.78, 5) is 12.7. The van der Waals surface area contributed by atoms with Gasteiger partial charge < -0.3 is 14.8 Å². The van der Waals surface area contributed by atoms with Crippen molar-refractivity contribution in [3.63, 3.8) is 0 Å². The fraction of sp³-hybridized carbons (Fsp3) is 0.632. The zero-order valence-electron chi connectivity index (χ0n) is 15.9. The van der Waals surface area contributed by atoms with E-state index in [9.17, 15) is 13.2 Å². The zero-order chi connectivity index (χ0) is 19.4. The normalized spacial score (nSPS) is 23.9. The first kappa shape index (κ1) is 20.1. The summed E-state index contributed by atoms with van der Waals surface area (Å²) in [5.74, 6) is 0.240. The number of aryl methyl sites for hydroxylation is 1. The molecular formula is C19H28N2O5S. The second-order valence-electron chi connectivity index (χ2n) is 7.21. The molecule has 150 valence electrons. The highest BCUT2D eigenvalue weighted by molar-refractivity contribution is 7.89. The molecular weight excluding hydrogens is 368 g/mol. The lowest BCUT2D eigenvalue weighted by molar-refractivity contribution is -0.126. The summed E-state index contributed by atoms with van der Waals surface area (Å²) in [6, 6.07) is 4.84. The smallest absolute Gasteiger partial charge is 0.243 e. The van der Waals surface area contributed by atoms with E-state index >= 15 is 0 Å². The molecule has 3 rings (SSSR count). The van der Waals surface area contributed by atoms with Crippen molar-refractivity contribution >= 4 is 15.9 Å². The average Bonchev–Trinajstić information content (AvgIpc) is 3.19. The van der Waals surface area contributed by atoms with Crippen molar-refractivity contribution in [3.8, 4) is 5.75 Å².